The zero-order chi connectivity index (χ0) is 13.7. The summed E-state index contributed by atoms with van der Waals surface area (Å²) < 4.78 is 5.47. The second-order valence-electron chi connectivity index (χ2n) is 5.69. The van der Waals surface area contributed by atoms with Crippen LogP contribution in [0.3, 0.4) is 0 Å². The van der Waals surface area contributed by atoms with Gasteiger partial charge in [0.2, 0.25) is 0 Å². The molecule has 0 spiro atoms. The molecule has 106 valence electrons. The Hall–Kier alpha value is -1.02. The van der Waals surface area contributed by atoms with Crippen LogP contribution in [0.2, 0.25) is 0 Å². The fraction of sp³-hybridized carbons (Fsp3) is 0.647. The van der Waals surface area contributed by atoms with E-state index >= 15 is 0 Å². The Morgan fingerprint density at radius 3 is 2.74 bits per heavy atom. The van der Waals surface area contributed by atoms with Crippen LogP contribution < -0.4 is 10.1 Å². The van der Waals surface area contributed by atoms with Crippen LogP contribution in [-0.2, 0) is 0 Å². The molecule has 1 saturated carbocycles. The number of rotatable bonds is 5. The zero-order valence-electron chi connectivity index (χ0n) is 12.5. The van der Waals surface area contributed by atoms with Crippen molar-refractivity contribution in [3.63, 3.8) is 0 Å². The molecule has 0 radical (unpaired) electrons. The highest BCUT2D eigenvalue weighted by atomic mass is 16.5. The molecule has 2 rings (SSSR count). The van der Waals surface area contributed by atoms with Crippen molar-refractivity contribution in [3.8, 4) is 5.75 Å². The van der Waals surface area contributed by atoms with Gasteiger partial charge >= 0.3 is 0 Å². The smallest absolute Gasteiger partial charge is 0.123 e. The normalized spacial score (nSPS) is 25.0. The maximum Gasteiger partial charge on any atom is 0.123 e. The maximum atomic E-state index is 5.47. The molecule has 0 amide bonds. The Morgan fingerprint density at radius 2 is 2.00 bits per heavy atom. The fourth-order valence-electron chi connectivity index (χ4n) is 3.35. The molecule has 0 aromatic heterocycles. The summed E-state index contributed by atoms with van der Waals surface area (Å²) in [5.41, 5.74) is 1.27. The first-order valence-electron chi connectivity index (χ1n) is 7.65. The topological polar surface area (TPSA) is 21.3 Å². The van der Waals surface area contributed by atoms with Crippen LogP contribution in [0.4, 0.5) is 0 Å². The second kappa shape index (κ2) is 6.95. The first kappa shape index (κ1) is 14.4. The number of nitrogens with one attached hydrogen (secondary N) is 1. The Labute approximate surface area is 117 Å². The molecule has 0 saturated heterocycles. The van der Waals surface area contributed by atoms with Gasteiger partial charge < -0.3 is 10.1 Å². The third-order valence-corrected chi connectivity index (χ3v) is 4.50. The van der Waals surface area contributed by atoms with Gasteiger partial charge in [-0.2, -0.15) is 0 Å². The average molecular weight is 261 g/mol. The van der Waals surface area contributed by atoms with Gasteiger partial charge in [0.05, 0.1) is 7.11 Å². The summed E-state index contributed by atoms with van der Waals surface area (Å²) in [6.45, 7) is 4.57. The van der Waals surface area contributed by atoms with E-state index in [4.69, 9.17) is 4.74 Å². The summed E-state index contributed by atoms with van der Waals surface area (Å²) in [4.78, 5) is 0. The zero-order valence-corrected chi connectivity index (χ0v) is 12.5. The fourth-order valence-corrected chi connectivity index (χ4v) is 3.35. The Kier molecular flexibility index (Phi) is 5.26. The van der Waals surface area contributed by atoms with E-state index in [2.05, 4.69) is 31.3 Å². The summed E-state index contributed by atoms with van der Waals surface area (Å²) in [5, 5.41) is 3.83. The van der Waals surface area contributed by atoms with E-state index in [0.717, 1.165) is 11.7 Å². The van der Waals surface area contributed by atoms with Gasteiger partial charge in [-0.25, -0.2) is 0 Å². The SMILES string of the molecule is CCC1CCCCC1NC(C)c1ccccc1OC. The molecule has 0 bridgehead atoms. The van der Waals surface area contributed by atoms with Crippen molar-refractivity contribution in [1.82, 2.24) is 5.32 Å². The van der Waals surface area contributed by atoms with E-state index in [-0.39, 0.29) is 0 Å². The van der Waals surface area contributed by atoms with Crippen molar-refractivity contribution in [1.29, 1.82) is 0 Å². The van der Waals surface area contributed by atoms with Gasteiger partial charge in [0.1, 0.15) is 5.75 Å². The molecule has 1 aliphatic rings. The lowest BCUT2D eigenvalue weighted by molar-refractivity contribution is 0.239. The van der Waals surface area contributed by atoms with Crippen molar-refractivity contribution in [3.05, 3.63) is 29.8 Å². The third kappa shape index (κ3) is 3.50. The first-order chi connectivity index (χ1) is 9.26. The van der Waals surface area contributed by atoms with Crippen molar-refractivity contribution in [2.75, 3.05) is 7.11 Å². The quantitative estimate of drug-likeness (QED) is 0.852. The lowest BCUT2D eigenvalue weighted by Crippen LogP contribution is -2.39. The molecule has 2 heteroatoms. The van der Waals surface area contributed by atoms with Crippen LogP contribution in [0.15, 0.2) is 24.3 Å². The molecule has 2 nitrogen and oxygen atoms in total. The summed E-state index contributed by atoms with van der Waals surface area (Å²) in [6, 6.07) is 9.36. The van der Waals surface area contributed by atoms with Gasteiger partial charge in [-0.05, 0) is 31.7 Å². The molecule has 3 unspecified atom stereocenters. The van der Waals surface area contributed by atoms with E-state index in [9.17, 15) is 0 Å². The predicted octanol–water partition coefficient (Wildman–Crippen LogP) is 4.31. The van der Waals surface area contributed by atoms with E-state index < -0.39 is 0 Å². The van der Waals surface area contributed by atoms with Gasteiger partial charge in [-0.1, -0.05) is 44.4 Å². The lowest BCUT2D eigenvalue weighted by atomic mass is 9.82. The van der Waals surface area contributed by atoms with Crippen LogP contribution in [0.5, 0.6) is 5.75 Å². The largest absolute Gasteiger partial charge is 0.496 e. The van der Waals surface area contributed by atoms with Gasteiger partial charge in [0.15, 0.2) is 0 Å². The molecule has 1 aromatic rings. The maximum absolute atomic E-state index is 5.47. The minimum absolute atomic E-state index is 0.355. The minimum atomic E-state index is 0.355. The Bertz CT molecular complexity index is 391. The van der Waals surface area contributed by atoms with Crippen LogP contribution in [0, 0.1) is 5.92 Å². The number of methoxy groups -OCH3 is 1. The number of hydrogen-bond acceptors (Lipinski definition) is 2. The summed E-state index contributed by atoms with van der Waals surface area (Å²) in [7, 11) is 1.75. The van der Waals surface area contributed by atoms with Crippen molar-refractivity contribution < 1.29 is 4.74 Å². The predicted molar refractivity (Wildman–Crippen MR) is 80.6 cm³/mol. The number of benzene rings is 1. The first-order valence-corrected chi connectivity index (χ1v) is 7.65. The van der Waals surface area contributed by atoms with Crippen molar-refractivity contribution in [2.45, 2.75) is 58.0 Å². The van der Waals surface area contributed by atoms with Crippen LogP contribution in [-0.4, -0.2) is 13.2 Å². The Balaban J connectivity index is 2.05. The molecule has 0 heterocycles. The average Bonchev–Trinajstić information content (AvgIpc) is 2.47. The monoisotopic (exact) mass is 261 g/mol. The van der Waals surface area contributed by atoms with Crippen LogP contribution in [0.1, 0.15) is 57.6 Å². The molecular weight excluding hydrogens is 234 g/mol. The summed E-state index contributed by atoms with van der Waals surface area (Å²) >= 11 is 0. The Morgan fingerprint density at radius 1 is 1.26 bits per heavy atom. The van der Waals surface area contributed by atoms with Gasteiger partial charge in [0, 0.05) is 17.6 Å². The molecule has 1 aromatic carbocycles. The summed E-state index contributed by atoms with van der Waals surface area (Å²) in [5.74, 6) is 1.83. The van der Waals surface area contributed by atoms with E-state index in [0.29, 0.717) is 12.1 Å². The van der Waals surface area contributed by atoms with Gasteiger partial charge in [-0.3, -0.25) is 0 Å². The van der Waals surface area contributed by atoms with Crippen molar-refractivity contribution in [2.24, 2.45) is 5.92 Å². The standard InChI is InChI=1S/C17H27NO/c1-4-14-9-5-7-11-16(14)18-13(2)15-10-6-8-12-17(15)19-3/h6,8,10,12-14,16,18H,4-5,7,9,11H2,1-3H3. The number of hydrogen-bond donors (Lipinski definition) is 1. The number of ether oxygens (including phenoxy) is 1. The number of para-hydroxylation sites is 1. The van der Waals surface area contributed by atoms with Gasteiger partial charge in [-0.15, -0.1) is 0 Å². The minimum Gasteiger partial charge on any atom is -0.496 e. The summed E-state index contributed by atoms with van der Waals surface area (Å²) in [6.07, 6.45) is 6.76. The highest BCUT2D eigenvalue weighted by Crippen LogP contribution is 2.30. The molecule has 1 N–H and O–H groups in total. The molecule has 0 aliphatic heterocycles. The van der Waals surface area contributed by atoms with Crippen molar-refractivity contribution >= 4 is 0 Å². The lowest BCUT2D eigenvalue weighted by Gasteiger charge is -2.34. The molecule has 3 atom stereocenters. The third-order valence-electron chi connectivity index (χ3n) is 4.50. The highest BCUT2D eigenvalue weighted by Gasteiger charge is 2.25. The van der Waals surface area contributed by atoms with Crippen LogP contribution in [0.25, 0.3) is 0 Å². The highest BCUT2D eigenvalue weighted by molar-refractivity contribution is 5.35. The van der Waals surface area contributed by atoms with Gasteiger partial charge in [0.25, 0.3) is 0 Å². The van der Waals surface area contributed by atoms with E-state index in [1.165, 1.54) is 37.7 Å². The van der Waals surface area contributed by atoms with E-state index in [1.807, 2.05) is 12.1 Å². The molecule has 19 heavy (non-hydrogen) atoms. The van der Waals surface area contributed by atoms with Crippen LogP contribution >= 0.6 is 0 Å². The molecule has 1 fully saturated rings. The molecular formula is C17H27NO. The molecule has 1 aliphatic carbocycles. The second-order valence-corrected chi connectivity index (χ2v) is 5.69. The van der Waals surface area contributed by atoms with E-state index in [1.54, 1.807) is 7.11 Å².